The highest BCUT2D eigenvalue weighted by Crippen LogP contribution is 2.28. The average Bonchev–Trinajstić information content (AvgIpc) is 2.20. The summed E-state index contributed by atoms with van der Waals surface area (Å²) in [6, 6.07) is 0.458. The molecule has 0 spiro atoms. The highest BCUT2D eigenvalue weighted by molar-refractivity contribution is 5.76. The lowest BCUT2D eigenvalue weighted by molar-refractivity contribution is -0.123. The van der Waals surface area contributed by atoms with Crippen molar-refractivity contribution in [1.82, 2.24) is 5.32 Å². The van der Waals surface area contributed by atoms with Crippen LogP contribution in [0.4, 0.5) is 0 Å². The maximum atomic E-state index is 11.8. The van der Waals surface area contributed by atoms with Crippen LogP contribution in [0, 0.1) is 11.8 Å². The minimum atomic E-state index is 0.253. The number of rotatable bonds is 5. The van der Waals surface area contributed by atoms with Crippen molar-refractivity contribution in [2.75, 3.05) is 0 Å². The average molecular weight is 225 g/mol. The molecule has 2 atom stereocenters. The van der Waals surface area contributed by atoms with Crippen molar-refractivity contribution in [3.05, 3.63) is 0 Å². The van der Waals surface area contributed by atoms with Crippen LogP contribution in [0.2, 0.25) is 0 Å². The zero-order valence-corrected chi connectivity index (χ0v) is 11.1. The molecular formula is C14H27NO. The molecule has 94 valence electrons. The van der Waals surface area contributed by atoms with E-state index in [0.717, 1.165) is 5.92 Å². The second-order valence-electron chi connectivity index (χ2n) is 5.61. The number of carbonyl (C=O) groups excluding carboxylic acids is 1. The number of carbonyl (C=O) groups is 1. The second-order valence-corrected chi connectivity index (χ2v) is 5.61. The largest absolute Gasteiger partial charge is 0.353 e. The Hall–Kier alpha value is -0.530. The van der Waals surface area contributed by atoms with Gasteiger partial charge in [0.05, 0.1) is 0 Å². The molecular weight excluding hydrogens is 198 g/mol. The molecule has 1 fully saturated rings. The van der Waals surface area contributed by atoms with Crippen LogP contribution in [0.3, 0.4) is 0 Å². The van der Waals surface area contributed by atoms with E-state index in [4.69, 9.17) is 0 Å². The van der Waals surface area contributed by atoms with Crippen molar-refractivity contribution in [3.8, 4) is 0 Å². The van der Waals surface area contributed by atoms with Gasteiger partial charge in [-0.1, -0.05) is 40.0 Å². The smallest absolute Gasteiger partial charge is 0.220 e. The first-order valence-electron chi connectivity index (χ1n) is 6.92. The van der Waals surface area contributed by atoms with Gasteiger partial charge in [0.1, 0.15) is 0 Å². The fourth-order valence-electron chi connectivity index (χ4n) is 2.75. The minimum absolute atomic E-state index is 0.253. The first-order valence-corrected chi connectivity index (χ1v) is 6.92. The van der Waals surface area contributed by atoms with Gasteiger partial charge < -0.3 is 5.32 Å². The van der Waals surface area contributed by atoms with E-state index in [2.05, 4.69) is 26.1 Å². The molecule has 0 heterocycles. The van der Waals surface area contributed by atoms with Crippen molar-refractivity contribution in [2.24, 2.45) is 11.8 Å². The zero-order chi connectivity index (χ0) is 12.0. The Morgan fingerprint density at radius 2 is 2.00 bits per heavy atom. The van der Waals surface area contributed by atoms with Gasteiger partial charge in [-0.3, -0.25) is 4.79 Å². The molecule has 0 aromatic rings. The van der Waals surface area contributed by atoms with Crippen LogP contribution in [0.5, 0.6) is 0 Å². The maximum Gasteiger partial charge on any atom is 0.220 e. The van der Waals surface area contributed by atoms with Crippen molar-refractivity contribution < 1.29 is 4.79 Å². The van der Waals surface area contributed by atoms with Crippen molar-refractivity contribution >= 4 is 5.91 Å². The quantitative estimate of drug-likeness (QED) is 0.762. The highest BCUT2D eigenvalue weighted by Gasteiger charge is 2.25. The van der Waals surface area contributed by atoms with Gasteiger partial charge in [-0.25, -0.2) is 0 Å². The van der Waals surface area contributed by atoms with Gasteiger partial charge in [-0.15, -0.1) is 0 Å². The van der Waals surface area contributed by atoms with Crippen molar-refractivity contribution in [2.45, 2.75) is 71.8 Å². The van der Waals surface area contributed by atoms with Crippen molar-refractivity contribution in [3.63, 3.8) is 0 Å². The summed E-state index contributed by atoms with van der Waals surface area (Å²) >= 11 is 0. The summed E-state index contributed by atoms with van der Waals surface area (Å²) < 4.78 is 0. The van der Waals surface area contributed by atoms with Gasteiger partial charge in [0, 0.05) is 12.5 Å². The van der Waals surface area contributed by atoms with E-state index in [0.29, 0.717) is 18.4 Å². The minimum Gasteiger partial charge on any atom is -0.353 e. The van der Waals surface area contributed by atoms with Gasteiger partial charge in [-0.2, -0.15) is 0 Å². The molecule has 0 aromatic heterocycles. The number of hydrogen-bond donors (Lipinski definition) is 1. The molecule has 0 bridgehead atoms. The number of nitrogens with one attached hydrogen (secondary N) is 1. The Bertz CT molecular complexity index is 211. The zero-order valence-electron chi connectivity index (χ0n) is 11.1. The Kier molecular flexibility index (Phi) is 5.86. The summed E-state index contributed by atoms with van der Waals surface area (Å²) in [6.45, 7) is 6.44. The molecule has 16 heavy (non-hydrogen) atoms. The molecule has 1 amide bonds. The van der Waals surface area contributed by atoms with E-state index in [1.807, 2.05) is 0 Å². The van der Waals surface area contributed by atoms with Gasteiger partial charge in [0.25, 0.3) is 0 Å². The molecule has 1 N–H and O–H groups in total. The molecule has 1 saturated carbocycles. The Labute approximate surface area is 100 Å². The normalized spacial score (nSPS) is 25.8. The predicted octanol–water partition coefficient (Wildman–Crippen LogP) is 3.51. The van der Waals surface area contributed by atoms with Gasteiger partial charge in [0.2, 0.25) is 5.91 Å². The summed E-state index contributed by atoms with van der Waals surface area (Å²) in [7, 11) is 0. The Morgan fingerprint density at radius 1 is 1.31 bits per heavy atom. The summed E-state index contributed by atoms with van der Waals surface area (Å²) in [4.78, 5) is 11.8. The van der Waals surface area contributed by atoms with Crippen LogP contribution < -0.4 is 5.32 Å². The molecule has 2 heteroatoms. The van der Waals surface area contributed by atoms with Crippen LogP contribution in [0.1, 0.15) is 65.7 Å². The van der Waals surface area contributed by atoms with Gasteiger partial charge >= 0.3 is 0 Å². The van der Waals surface area contributed by atoms with E-state index >= 15 is 0 Å². The van der Waals surface area contributed by atoms with Gasteiger partial charge in [-0.05, 0) is 31.1 Å². The summed E-state index contributed by atoms with van der Waals surface area (Å²) in [5.74, 6) is 1.45. The first kappa shape index (κ1) is 13.5. The van der Waals surface area contributed by atoms with Crippen LogP contribution in [0.15, 0.2) is 0 Å². The maximum absolute atomic E-state index is 11.8. The Balaban J connectivity index is 2.39. The number of hydrogen-bond acceptors (Lipinski definition) is 1. The molecule has 0 radical (unpaired) electrons. The molecule has 0 unspecified atom stereocenters. The monoisotopic (exact) mass is 225 g/mol. The molecule has 2 nitrogen and oxygen atoms in total. The van der Waals surface area contributed by atoms with Crippen molar-refractivity contribution in [1.29, 1.82) is 0 Å². The fraction of sp³-hybridized carbons (Fsp3) is 0.929. The molecule has 1 rings (SSSR count). The van der Waals surface area contributed by atoms with Gasteiger partial charge in [0.15, 0.2) is 0 Å². The van der Waals surface area contributed by atoms with Crippen LogP contribution in [0.25, 0.3) is 0 Å². The lowest BCUT2D eigenvalue weighted by atomic mass is 9.81. The molecule has 0 aliphatic heterocycles. The van der Waals surface area contributed by atoms with E-state index in [1.165, 1.54) is 38.5 Å². The third-order valence-electron chi connectivity index (χ3n) is 3.51. The van der Waals surface area contributed by atoms with Crippen LogP contribution >= 0.6 is 0 Å². The lowest BCUT2D eigenvalue weighted by Gasteiger charge is -2.32. The molecule has 0 aromatic carbocycles. The Morgan fingerprint density at radius 3 is 2.62 bits per heavy atom. The number of amides is 1. The summed E-state index contributed by atoms with van der Waals surface area (Å²) in [5.41, 5.74) is 0. The summed E-state index contributed by atoms with van der Waals surface area (Å²) in [5, 5.41) is 3.25. The SMILES string of the molecule is CCC[C@@H]1CCCC[C@H]1NC(=O)CC(C)C. The molecule has 1 aliphatic carbocycles. The fourth-order valence-corrected chi connectivity index (χ4v) is 2.75. The van der Waals surface area contributed by atoms with E-state index in [1.54, 1.807) is 0 Å². The van der Waals surface area contributed by atoms with E-state index < -0.39 is 0 Å². The first-order chi connectivity index (χ1) is 7.63. The molecule has 1 aliphatic rings. The standard InChI is InChI=1S/C14H27NO/c1-4-7-12-8-5-6-9-13(12)15-14(16)10-11(2)3/h11-13H,4-10H2,1-3H3,(H,15,16)/t12-,13-/m1/s1. The third kappa shape index (κ3) is 4.54. The van der Waals surface area contributed by atoms with Crippen LogP contribution in [-0.2, 0) is 4.79 Å². The van der Waals surface area contributed by atoms with E-state index in [-0.39, 0.29) is 5.91 Å². The second kappa shape index (κ2) is 6.93. The van der Waals surface area contributed by atoms with E-state index in [9.17, 15) is 4.79 Å². The highest BCUT2D eigenvalue weighted by atomic mass is 16.1. The predicted molar refractivity (Wildman–Crippen MR) is 68.3 cm³/mol. The third-order valence-corrected chi connectivity index (χ3v) is 3.51. The van der Waals surface area contributed by atoms with Crippen LogP contribution in [-0.4, -0.2) is 11.9 Å². The topological polar surface area (TPSA) is 29.1 Å². The molecule has 0 saturated heterocycles. The summed E-state index contributed by atoms with van der Waals surface area (Å²) in [6.07, 6.45) is 8.31. The lowest BCUT2D eigenvalue weighted by Crippen LogP contribution is -2.42.